The summed E-state index contributed by atoms with van der Waals surface area (Å²) in [6.07, 6.45) is 1.20. The summed E-state index contributed by atoms with van der Waals surface area (Å²) >= 11 is 5.71. The molecule has 1 aromatic rings. The van der Waals surface area contributed by atoms with Gasteiger partial charge in [0.1, 0.15) is 17.0 Å². The Morgan fingerprint density at radius 3 is 2.75 bits per heavy atom. The third-order valence-corrected chi connectivity index (χ3v) is 4.10. The number of carboxylic acid groups (broad SMARTS) is 1. The number of nitrogens with one attached hydrogen (secondary N) is 1. The minimum atomic E-state index is -4.18. The minimum absolute atomic E-state index is 0.0863. The number of nitriles is 1. The average Bonchev–Trinajstić information content (AvgIpc) is 2.38. The fourth-order valence-corrected chi connectivity index (χ4v) is 3.05. The number of nitrogens with zero attached hydrogens (tertiary/aromatic N) is 1. The number of hydrogen-bond acceptors (Lipinski definition) is 4. The second-order valence-electron chi connectivity index (χ2n) is 3.79. The molecule has 0 spiro atoms. The van der Waals surface area contributed by atoms with Crippen LogP contribution in [0.5, 0.6) is 0 Å². The van der Waals surface area contributed by atoms with Gasteiger partial charge >= 0.3 is 5.97 Å². The topological polar surface area (TPSA) is 107 Å². The van der Waals surface area contributed by atoms with Crippen molar-refractivity contribution in [1.29, 1.82) is 5.26 Å². The highest BCUT2D eigenvalue weighted by molar-refractivity contribution is 7.89. The number of rotatable bonds is 6. The maximum atomic E-state index is 12.1. The van der Waals surface area contributed by atoms with Gasteiger partial charge in [-0.2, -0.15) is 9.98 Å². The first-order valence-electron chi connectivity index (χ1n) is 5.37. The first-order valence-corrected chi connectivity index (χ1v) is 7.23. The summed E-state index contributed by atoms with van der Waals surface area (Å²) in [7, 11) is -4.18. The molecule has 0 radical (unpaired) electrons. The molecule has 0 heterocycles. The number of carboxylic acids is 1. The molecular formula is C12H11ClN2O4S. The van der Waals surface area contributed by atoms with Crippen molar-refractivity contribution in [2.24, 2.45) is 0 Å². The van der Waals surface area contributed by atoms with Crippen LogP contribution in [-0.4, -0.2) is 25.5 Å². The van der Waals surface area contributed by atoms with E-state index in [9.17, 15) is 13.2 Å². The molecule has 0 saturated carbocycles. The lowest BCUT2D eigenvalue weighted by atomic mass is 10.2. The van der Waals surface area contributed by atoms with Crippen LogP contribution in [0.4, 0.5) is 0 Å². The lowest BCUT2D eigenvalue weighted by molar-refractivity contribution is -0.138. The number of halogens is 1. The predicted molar refractivity (Wildman–Crippen MR) is 72.7 cm³/mol. The molecule has 0 bridgehead atoms. The van der Waals surface area contributed by atoms with E-state index < -0.39 is 22.0 Å². The van der Waals surface area contributed by atoms with Gasteiger partial charge in [0.05, 0.1) is 5.56 Å². The lowest BCUT2D eigenvalue weighted by Gasteiger charge is -2.14. The third-order valence-electron chi connectivity index (χ3n) is 2.35. The molecule has 106 valence electrons. The standard InChI is InChI=1S/C12H11ClN2O4S/c1-2-3-10(12(16)17)15-20(18,19)11-6-9(13)5-4-8(11)7-14/h2,4-6,10,15H,1,3H2,(H,16,17). The van der Waals surface area contributed by atoms with Gasteiger partial charge < -0.3 is 5.11 Å². The highest BCUT2D eigenvalue weighted by Gasteiger charge is 2.26. The SMILES string of the molecule is C=CCC(NS(=O)(=O)c1cc(Cl)ccc1C#N)C(=O)O. The fraction of sp³-hybridized carbons (Fsp3) is 0.167. The Morgan fingerprint density at radius 2 is 2.25 bits per heavy atom. The van der Waals surface area contributed by atoms with Gasteiger partial charge in [0, 0.05) is 5.02 Å². The molecule has 1 unspecified atom stereocenters. The molecule has 0 aliphatic heterocycles. The van der Waals surface area contributed by atoms with Crippen molar-refractivity contribution in [2.75, 3.05) is 0 Å². The van der Waals surface area contributed by atoms with Crippen molar-refractivity contribution in [1.82, 2.24) is 4.72 Å². The van der Waals surface area contributed by atoms with Gasteiger partial charge in [-0.15, -0.1) is 6.58 Å². The Balaban J connectivity index is 3.23. The zero-order valence-electron chi connectivity index (χ0n) is 10.2. The summed E-state index contributed by atoms with van der Waals surface area (Å²) in [5, 5.41) is 18.0. The van der Waals surface area contributed by atoms with Gasteiger partial charge in [-0.05, 0) is 24.6 Å². The van der Waals surface area contributed by atoms with Gasteiger partial charge in [-0.3, -0.25) is 4.79 Å². The van der Waals surface area contributed by atoms with E-state index in [-0.39, 0.29) is 21.9 Å². The van der Waals surface area contributed by atoms with E-state index in [1.54, 1.807) is 6.07 Å². The van der Waals surface area contributed by atoms with E-state index in [1.165, 1.54) is 18.2 Å². The molecule has 0 aliphatic carbocycles. The van der Waals surface area contributed by atoms with Crippen LogP contribution in [0.3, 0.4) is 0 Å². The zero-order chi connectivity index (χ0) is 15.3. The van der Waals surface area contributed by atoms with Gasteiger partial charge in [0.15, 0.2) is 0 Å². The normalized spacial score (nSPS) is 12.4. The number of sulfonamides is 1. The van der Waals surface area contributed by atoms with Crippen LogP contribution in [0.2, 0.25) is 5.02 Å². The fourth-order valence-electron chi connectivity index (χ4n) is 1.43. The maximum absolute atomic E-state index is 12.1. The van der Waals surface area contributed by atoms with E-state index in [2.05, 4.69) is 6.58 Å². The van der Waals surface area contributed by atoms with Gasteiger partial charge in [0.2, 0.25) is 10.0 Å². The highest BCUT2D eigenvalue weighted by atomic mass is 35.5. The molecule has 0 aromatic heterocycles. The molecule has 0 aliphatic rings. The second kappa shape index (κ2) is 6.52. The summed E-state index contributed by atoms with van der Waals surface area (Å²) in [6.45, 7) is 3.36. The quantitative estimate of drug-likeness (QED) is 0.774. The number of carbonyl (C=O) groups is 1. The van der Waals surface area contributed by atoms with Gasteiger partial charge in [-0.1, -0.05) is 17.7 Å². The number of benzene rings is 1. The molecule has 20 heavy (non-hydrogen) atoms. The Bertz CT molecular complexity index is 679. The molecule has 0 amide bonds. The molecule has 0 saturated heterocycles. The summed E-state index contributed by atoms with van der Waals surface area (Å²) in [6, 6.07) is 4.07. The lowest BCUT2D eigenvalue weighted by Crippen LogP contribution is -2.40. The molecule has 8 heteroatoms. The van der Waals surface area contributed by atoms with Crippen molar-refractivity contribution in [3.05, 3.63) is 41.4 Å². The van der Waals surface area contributed by atoms with E-state index in [0.29, 0.717) is 0 Å². The summed E-state index contributed by atoms with van der Waals surface area (Å²) in [5.41, 5.74) is -0.121. The van der Waals surface area contributed by atoms with Crippen LogP contribution < -0.4 is 4.72 Å². The van der Waals surface area contributed by atoms with E-state index in [4.69, 9.17) is 22.0 Å². The van der Waals surface area contributed by atoms with Crippen LogP contribution in [0.1, 0.15) is 12.0 Å². The van der Waals surface area contributed by atoms with Crippen LogP contribution in [0.15, 0.2) is 35.7 Å². The first-order chi connectivity index (χ1) is 9.31. The monoisotopic (exact) mass is 314 g/mol. The number of aliphatic carboxylic acids is 1. The van der Waals surface area contributed by atoms with Crippen LogP contribution >= 0.6 is 11.6 Å². The maximum Gasteiger partial charge on any atom is 0.322 e. The number of hydrogen-bond donors (Lipinski definition) is 2. The molecule has 1 atom stereocenters. The third kappa shape index (κ3) is 3.81. The zero-order valence-corrected chi connectivity index (χ0v) is 11.8. The summed E-state index contributed by atoms with van der Waals surface area (Å²) in [5.74, 6) is -1.34. The smallest absolute Gasteiger partial charge is 0.322 e. The molecule has 0 fully saturated rings. The first kappa shape index (κ1) is 16.2. The molecule has 6 nitrogen and oxygen atoms in total. The highest BCUT2D eigenvalue weighted by Crippen LogP contribution is 2.20. The molecular weight excluding hydrogens is 304 g/mol. The molecule has 1 rings (SSSR count). The Kier molecular flexibility index (Phi) is 5.27. The molecule has 1 aromatic carbocycles. The van der Waals surface area contributed by atoms with Crippen LogP contribution in [0.25, 0.3) is 0 Å². The minimum Gasteiger partial charge on any atom is -0.480 e. The van der Waals surface area contributed by atoms with Crippen molar-refractivity contribution in [3.63, 3.8) is 0 Å². The van der Waals surface area contributed by atoms with E-state index >= 15 is 0 Å². The van der Waals surface area contributed by atoms with Crippen LogP contribution in [-0.2, 0) is 14.8 Å². The van der Waals surface area contributed by atoms with Gasteiger partial charge in [0.25, 0.3) is 0 Å². The summed E-state index contributed by atoms with van der Waals surface area (Å²) in [4.78, 5) is 10.6. The summed E-state index contributed by atoms with van der Waals surface area (Å²) < 4.78 is 26.3. The van der Waals surface area contributed by atoms with E-state index in [1.807, 2.05) is 4.72 Å². The Morgan fingerprint density at radius 1 is 1.60 bits per heavy atom. The van der Waals surface area contributed by atoms with Gasteiger partial charge in [-0.25, -0.2) is 8.42 Å². The predicted octanol–water partition coefficient (Wildman–Crippen LogP) is 1.52. The average molecular weight is 315 g/mol. The van der Waals surface area contributed by atoms with Crippen molar-refractivity contribution < 1.29 is 18.3 Å². The van der Waals surface area contributed by atoms with Crippen molar-refractivity contribution in [2.45, 2.75) is 17.4 Å². The Hall–Kier alpha value is -1.88. The Labute approximate surface area is 121 Å². The van der Waals surface area contributed by atoms with Crippen molar-refractivity contribution in [3.8, 4) is 6.07 Å². The van der Waals surface area contributed by atoms with Crippen LogP contribution in [0, 0.1) is 11.3 Å². The van der Waals surface area contributed by atoms with Crippen molar-refractivity contribution >= 4 is 27.6 Å². The largest absolute Gasteiger partial charge is 0.480 e. The molecule has 2 N–H and O–H groups in total. The van der Waals surface area contributed by atoms with E-state index in [0.717, 1.165) is 6.07 Å². The second-order valence-corrected chi connectivity index (χ2v) is 5.91.